The van der Waals surface area contributed by atoms with Crippen LogP contribution >= 0.6 is 15.9 Å². The number of halogens is 4. The number of nitrogens with one attached hydrogen (secondary N) is 2. The van der Waals surface area contributed by atoms with E-state index in [2.05, 4.69) is 30.6 Å². The van der Waals surface area contributed by atoms with Crippen LogP contribution in [0, 0.1) is 6.92 Å². The van der Waals surface area contributed by atoms with Gasteiger partial charge in [0.1, 0.15) is 5.82 Å². The number of hydrogen-bond acceptors (Lipinski definition) is 3. The molecule has 1 aromatic carbocycles. The number of hydrogen-bond donors (Lipinski definition) is 2. The fourth-order valence-corrected chi connectivity index (χ4v) is 3.03. The minimum absolute atomic E-state index is 0.190. The molecule has 0 radical (unpaired) electrons. The molecular weight excluding hydrogens is 375 g/mol. The molecule has 0 saturated heterocycles. The van der Waals surface area contributed by atoms with E-state index < -0.39 is 21.8 Å². The van der Waals surface area contributed by atoms with Gasteiger partial charge in [-0.2, -0.15) is 21.6 Å². The Labute approximate surface area is 126 Å². The van der Waals surface area contributed by atoms with Gasteiger partial charge < -0.3 is 4.98 Å². The first-order valence-corrected chi connectivity index (χ1v) is 7.78. The Morgan fingerprint density at radius 3 is 2.52 bits per heavy atom. The summed E-state index contributed by atoms with van der Waals surface area (Å²) in [6.45, 7) is 1.55. The van der Waals surface area contributed by atoms with Crippen LogP contribution in [0.25, 0.3) is 0 Å². The Bertz CT molecular complexity index is 771. The molecule has 2 rings (SSSR count). The Morgan fingerprint density at radius 2 is 2.00 bits per heavy atom. The Kier molecular flexibility index (Phi) is 4.02. The molecule has 10 heteroatoms. The van der Waals surface area contributed by atoms with Gasteiger partial charge in [-0.3, -0.25) is 4.72 Å². The van der Waals surface area contributed by atoms with E-state index in [-0.39, 0.29) is 15.2 Å². The molecule has 0 saturated carbocycles. The maximum absolute atomic E-state index is 12.7. The molecule has 21 heavy (non-hydrogen) atoms. The van der Waals surface area contributed by atoms with Crippen LogP contribution in [-0.4, -0.2) is 18.4 Å². The third-order valence-corrected chi connectivity index (χ3v) is 4.47. The predicted octanol–water partition coefficient (Wildman–Crippen LogP) is 3.30. The number of alkyl halides is 3. The van der Waals surface area contributed by atoms with Crippen molar-refractivity contribution in [1.82, 2.24) is 9.97 Å². The highest BCUT2D eigenvalue weighted by Crippen LogP contribution is 2.34. The van der Waals surface area contributed by atoms with Crippen molar-refractivity contribution in [2.75, 3.05) is 4.72 Å². The summed E-state index contributed by atoms with van der Waals surface area (Å²) in [6, 6.07) is 2.69. The summed E-state index contributed by atoms with van der Waals surface area (Å²) in [5.41, 5.74) is -1.17. The fourth-order valence-electron chi connectivity index (χ4n) is 1.51. The number of anilines is 1. The van der Waals surface area contributed by atoms with Crippen LogP contribution in [0.4, 0.5) is 18.9 Å². The zero-order chi connectivity index (χ0) is 15.8. The first-order valence-electron chi connectivity index (χ1n) is 5.51. The average molecular weight is 384 g/mol. The lowest BCUT2D eigenvalue weighted by Crippen LogP contribution is -2.15. The summed E-state index contributed by atoms with van der Waals surface area (Å²) < 4.78 is 64.3. The zero-order valence-corrected chi connectivity index (χ0v) is 12.9. The number of sulfonamides is 1. The van der Waals surface area contributed by atoms with E-state index in [9.17, 15) is 21.6 Å². The smallest absolute Gasteiger partial charge is 0.332 e. The lowest BCUT2D eigenvalue weighted by Gasteiger charge is -2.12. The van der Waals surface area contributed by atoms with Crippen LogP contribution < -0.4 is 4.72 Å². The van der Waals surface area contributed by atoms with Gasteiger partial charge in [-0.25, -0.2) is 4.98 Å². The molecule has 0 aliphatic carbocycles. The molecule has 0 spiro atoms. The fraction of sp³-hybridized carbons (Fsp3) is 0.182. The van der Waals surface area contributed by atoms with Gasteiger partial charge in [0.2, 0.25) is 0 Å². The van der Waals surface area contributed by atoms with Crippen molar-refractivity contribution < 1.29 is 21.6 Å². The largest absolute Gasteiger partial charge is 0.416 e. The summed E-state index contributed by atoms with van der Waals surface area (Å²) in [6.07, 6.45) is -3.48. The summed E-state index contributed by atoms with van der Waals surface area (Å²) >= 11 is 3.01. The quantitative estimate of drug-likeness (QED) is 0.853. The van der Waals surface area contributed by atoms with E-state index in [1.807, 2.05) is 0 Å². The Hall–Kier alpha value is -1.55. The molecular formula is C11H9BrF3N3O2S. The number of benzene rings is 1. The second-order valence-electron chi connectivity index (χ2n) is 4.13. The average Bonchev–Trinajstić information content (AvgIpc) is 2.78. The SMILES string of the molecule is Cc1ncc(S(=O)(=O)Nc2cc(C(F)(F)F)ccc2Br)[nH]1. The molecule has 114 valence electrons. The van der Waals surface area contributed by atoms with Gasteiger partial charge in [0.05, 0.1) is 17.4 Å². The molecule has 0 amide bonds. The third kappa shape index (κ3) is 3.56. The molecule has 0 atom stereocenters. The highest BCUT2D eigenvalue weighted by molar-refractivity contribution is 9.10. The normalized spacial score (nSPS) is 12.4. The van der Waals surface area contributed by atoms with E-state index in [4.69, 9.17) is 0 Å². The number of aryl methyl sites for hydroxylation is 1. The third-order valence-electron chi connectivity index (χ3n) is 2.51. The molecule has 2 N–H and O–H groups in total. The Morgan fingerprint density at radius 1 is 1.33 bits per heavy atom. The van der Waals surface area contributed by atoms with E-state index in [0.717, 1.165) is 18.3 Å². The van der Waals surface area contributed by atoms with Gasteiger partial charge >= 0.3 is 6.18 Å². The lowest BCUT2D eigenvalue weighted by atomic mass is 10.2. The molecule has 2 aromatic rings. The van der Waals surface area contributed by atoms with Gasteiger partial charge in [0.25, 0.3) is 10.0 Å². The van der Waals surface area contributed by atoms with Crippen molar-refractivity contribution in [3.05, 3.63) is 40.3 Å². The maximum Gasteiger partial charge on any atom is 0.416 e. The Balaban J connectivity index is 2.39. The second kappa shape index (κ2) is 5.34. The van der Waals surface area contributed by atoms with Crippen LogP contribution in [-0.2, 0) is 16.2 Å². The van der Waals surface area contributed by atoms with Crippen molar-refractivity contribution in [3.63, 3.8) is 0 Å². The number of rotatable bonds is 3. The van der Waals surface area contributed by atoms with E-state index >= 15 is 0 Å². The molecule has 0 bridgehead atoms. The molecule has 0 unspecified atom stereocenters. The molecule has 1 heterocycles. The minimum Gasteiger partial charge on any atom is -0.332 e. The van der Waals surface area contributed by atoms with Crippen molar-refractivity contribution in [1.29, 1.82) is 0 Å². The van der Waals surface area contributed by atoms with E-state index in [1.165, 1.54) is 0 Å². The lowest BCUT2D eigenvalue weighted by molar-refractivity contribution is -0.137. The highest BCUT2D eigenvalue weighted by Gasteiger charge is 2.31. The van der Waals surface area contributed by atoms with Crippen molar-refractivity contribution in [2.45, 2.75) is 18.1 Å². The van der Waals surface area contributed by atoms with Crippen LogP contribution in [0.2, 0.25) is 0 Å². The summed E-state index contributed by atoms with van der Waals surface area (Å²) in [7, 11) is -4.04. The second-order valence-corrected chi connectivity index (χ2v) is 6.64. The van der Waals surface area contributed by atoms with E-state index in [0.29, 0.717) is 11.9 Å². The number of aromatic nitrogens is 2. The van der Waals surface area contributed by atoms with Crippen LogP contribution in [0.3, 0.4) is 0 Å². The predicted molar refractivity (Wildman–Crippen MR) is 73.3 cm³/mol. The number of aromatic amines is 1. The van der Waals surface area contributed by atoms with Gasteiger partial charge in [0.15, 0.2) is 5.03 Å². The molecule has 0 fully saturated rings. The van der Waals surface area contributed by atoms with Crippen molar-refractivity contribution in [3.8, 4) is 0 Å². The van der Waals surface area contributed by atoms with Crippen molar-refractivity contribution >= 4 is 31.6 Å². The summed E-state index contributed by atoms with van der Waals surface area (Å²) in [4.78, 5) is 6.24. The van der Waals surface area contributed by atoms with Crippen LogP contribution in [0.1, 0.15) is 11.4 Å². The highest BCUT2D eigenvalue weighted by atomic mass is 79.9. The van der Waals surface area contributed by atoms with Crippen LogP contribution in [0.5, 0.6) is 0 Å². The molecule has 5 nitrogen and oxygen atoms in total. The topological polar surface area (TPSA) is 74.8 Å². The van der Waals surface area contributed by atoms with Gasteiger partial charge in [-0.1, -0.05) is 0 Å². The molecule has 0 aliphatic heterocycles. The zero-order valence-electron chi connectivity index (χ0n) is 10.5. The molecule has 0 aliphatic rings. The monoisotopic (exact) mass is 383 g/mol. The molecule has 1 aromatic heterocycles. The summed E-state index contributed by atoms with van der Waals surface area (Å²) in [5.74, 6) is 0.374. The van der Waals surface area contributed by atoms with Gasteiger partial charge in [0, 0.05) is 4.47 Å². The van der Waals surface area contributed by atoms with Crippen LogP contribution in [0.15, 0.2) is 33.9 Å². The van der Waals surface area contributed by atoms with Gasteiger partial charge in [-0.05, 0) is 41.1 Å². The summed E-state index contributed by atoms with van der Waals surface area (Å²) in [5, 5.41) is -0.232. The first-order chi connectivity index (χ1) is 9.59. The number of imidazole rings is 1. The number of H-pyrrole nitrogens is 1. The number of nitrogens with zero attached hydrogens (tertiary/aromatic N) is 1. The maximum atomic E-state index is 12.7. The first kappa shape index (κ1) is 15.8. The van der Waals surface area contributed by atoms with Gasteiger partial charge in [-0.15, -0.1) is 0 Å². The van der Waals surface area contributed by atoms with Crippen molar-refractivity contribution in [2.24, 2.45) is 0 Å². The van der Waals surface area contributed by atoms with E-state index in [1.54, 1.807) is 6.92 Å². The minimum atomic E-state index is -4.56. The standard InChI is InChI=1S/C11H9BrF3N3O2S/c1-6-16-5-10(17-6)21(19,20)18-9-4-7(11(13,14)15)2-3-8(9)12/h2-5,18H,1H3,(H,16,17).